The van der Waals surface area contributed by atoms with Gasteiger partial charge in [0.25, 0.3) is 0 Å². The number of amides is 2. The number of aromatic nitrogens is 2. The third kappa shape index (κ3) is 4.99. The monoisotopic (exact) mass is 373 g/mol. The molecule has 1 aliphatic rings. The summed E-state index contributed by atoms with van der Waals surface area (Å²) in [5.74, 6) is 0.775. The second-order valence-corrected chi connectivity index (χ2v) is 7.63. The molecule has 7 nitrogen and oxygen atoms in total. The average Bonchev–Trinajstić information content (AvgIpc) is 3.29. The molecule has 0 bridgehead atoms. The maximum atomic E-state index is 12.8. The van der Waals surface area contributed by atoms with E-state index in [0.717, 1.165) is 42.9 Å². The van der Waals surface area contributed by atoms with Crippen LogP contribution in [0.2, 0.25) is 0 Å². The fourth-order valence-electron chi connectivity index (χ4n) is 3.35. The molecule has 0 spiro atoms. The Morgan fingerprint density at radius 2 is 2.15 bits per heavy atom. The van der Waals surface area contributed by atoms with Crippen LogP contribution in [0.4, 0.5) is 4.79 Å². The first-order chi connectivity index (χ1) is 12.9. The van der Waals surface area contributed by atoms with E-state index in [4.69, 9.17) is 4.74 Å². The fourth-order valence-corrected chi connectivity index (χ4v) is 3.35. The molecule has 1 atom stereocenters. The summed E-state index contributed by atoms with van der Waals surface area (Å²) in [6.07, 6.45) is 2.24. The van der Waals surface area contributed by atoms with Crippen molar-refractivity contribution < 1.29 is 9.53 Å². The number of ether oxygens (including phenoxy) is 1. The van der Waals surface area contributed by atoms with E-state index in [-0.39, 0.29) is 12.1 Å². The Labute approximate surface area is 161 Å². The van der Waals surface area contributed by atoms with Gasteiger partial charge in [-0.2, -0.15) is 0 Å². The van der Waals surface area contributed by atoms with Gasteiger partial charge in [-0.1, -0.05) is 6.07 Å². The first-order valence-corrected chi connectivity index (χ1v) is 9.68. The minimum absolute atomic E-state index is 0.0688. The molecule has 1 aliphatic heterocycles. The summed E-state index contributed by atoms with van der Waals surface area (Å²) in [6, 6.07) is 4.06. The molecule has 2 aromatic rings. The zero-order valence-corrected chi connectivity index (χ0v) is 16.8. The lowest BCUT2D eigenvalue weighted by atomic mass is 10.1. The van der Waals surface area contributed by atoms with Gasteiger partial charge < -0.3 is 24.8 Å². The number of hydrogen-bond acceptors (Lipinski definition) is 4. The molecule has 148 valence electrons. The highest BCUT2D eigenvalue weighted by Gasteiger charge is 2.22. The van der Waals surface area contributed by atoms with E-state index < -0.39 is 0 Å². The molecule has 0 unspecified atom stereocenters. The third-order valence-corrected chi connectivity index (χ3v) is 5.19. The van der Waals surface area contributed by atoms with Gasteiger partial charge in [0, 0.05) is 26.2 Å². The molecule has 7 heteroatoms. The molecule has 2 heterocycles. The van der Waals surface area contributed by atoms with Crippen LogP contribution in [0.1, 0.15) is 29.8 Å². The zero-order valence-electron chi connectivity index (χ0n) is 16.8. The topological polar surface area (TPSA) is 73.5 Å². The van der Waals surface area contributed by atoms with E-state index in [2.05, 4.69) is 40.1 Å². The average molecular weight is 374 g/mol. The number of hydrogen-bond donors (Lipinski definition) is 2. The number of benzene rings is 1. The normalized spacial score (nSPS) is 17.0. The van der Waals surface area contributed by atoms with Gasteiger partial charge in [-0.05, 0) is 58.0 Å². The molecular weight excluding hydrogens is 342 g/mol. The highest BCUT2D eigenvalue weighted by Crippen LogP contribution is 2.19. The summed E-state index contributed by atoms with van der Waals surface area (Å²) in [5.41, 5.74) is 4.37. The van der Waals surface area contributed by atoms with Crippen LogP contribution >= 0.6 is 0 Å². The molecule has 0 aliphatic carbocycles. The Hall–Kier alpha value is -2.12. The van der Waals surface area contributed by atoms with Crippen molar-refractivity contribution >= 4 is 17.1 Å². The third-order valence-electron chi connectivity index (χ3n) is 5.19. The summed E-state index contributed by atoms with van der Waals surface area (Å²) >= 11 is 0. The second kappa shape index (κ2) is 8.71. The van der Waals surface area contributed by atoms with E-state index in [1.54, 1.807) is 0 Å². The van der Waals surface area contributed by atoms with Crippen molar-refractivity contribution in [1.82, 2.24) is 25.1 Å². The van der Waals surface area contributed by atoms with Crippen LogP contribution in [0, 0.1) is 13.8 Å². The standard InChI is InChI=1S/C20H31N5O2/c1-14-7-8-17-19(15(14)2)23-18(22-17)12-21-20(26)25(10-9-24(3)4)13-16-6-5-11-27-16/h7-8,16H,5-6,9-13H2,1-4H3,(H,21,26)(H,22,23)/t16-/m1/s1. The van der Waals surface area contributed by atoms with Crippen LogP contribution in [-0.4, -0.2) is 72.2 Å². The molecule has 1 fully saturated rings. The van der Waals surface area contributed by atoms with Gasteiger partial charge in [-0.25, -0.2) is 9.78 Å². The predicted molar refractivity (Wildman–Crippen MR) is 107 cm³/mol. The van der Waals surface area contributed by atoms with Gasteiger partial charge >= 0.3 is 6.03 Å². The lowest BCUT2D eigenvalue weighted by molar-refractivity contribution is 0.0795. The van der Waals surface area contributed by atoms with E-state index >= 15 is 0 Å². The van der Waals surface area contributed by atoms with Gasteiger partial charge in [0.05, 0.1) is 23.7 Å². The lowest BCUT2D eigenvalue weighted by Gasteiger charge is -2.26. The molecule has 1 aromatic heterocycles. The molecule has 27 heavy (non-hydrogen) atoms. The van der Waals surface area contributed by atoms with Crippen molar-refractivity contribution in [2.24, 2.45) is 0 Å². The largest absolute Gasteiger partial charge is 0.376 e. The number of imidazole rings is 1. The van der Waals surface area contributed by atoms with Gasteiger partial charge in [0.2, 0.25) is 0 Å². The number of aryl methyl sites for hydroxylation is 2. The molecule has 1 aromatic carbocycles. The van der Waals surface area contributed by atoms with E-state index in [0.29, 0.717) is 19.6 Å². The summed E-state index contributed by atoms with van der Waals surface area (Å²) < 4.78 is 5.71. The smallest absolute Gasteiger partial charge is 0.317 e. The van der Waals surface area contributed by atoms with Crippen molar-refractivity contribution in [3.63, 3.8) is 0 Å². The number of fused-ring (bicyclic) bond motifs is 1. The van der Waals surface area contributed by atoms with Crippen LogP contribution in [0.15, 0.2) is 12.1 Å². The Bertz CT molecular complexity index is 780. The minimum Gasteiger partial charge on any atom is -0.376 e. The van der Waals surface area contributed by atoms with Crippen molar-refractivity contribution in [2.45, 2.75) is 39.3 Å². The highest BCUT2D eigenvalue weighted by atomic mass is 16.5. The Morgan fingerprint density at radius 3 is 2.85 bits per heavy atom. The first-order valence-electron chi connectivity index (χ1n) is 9.68. The maximum Gasteiger partial charge on any atom is 0.317 e. The number of carbonyl (C=O) groups is 1. The highest BCUT2D eigenvalue weighted by molar-refractivity contribution is 5.80. The molecule has 1 saturated heterocycles. The molecule has 0 radical (unpaired) electrons. The second-order valence-electron chi connectivity index (χ2n) is 7.63. The number of rotatable bonds is 7. The van der Waals surface area contributed by atoms with Crippen LogP contribution in [0.5, 0.6) is 0 Å². The summed E-state index contributed by atoms with van der Waals surface area (Å²) in [5, 5.41) is 3.01. The van der Waals surface area contributed by atoms with Crippen molar-refractivity contribution in [2.75, 3.05) is 40.3 Å². The van der Waals surface area contributed by atoms with Gasteiger partial charge in [0.15, 0.2) is 0 Å². The van der Waals surface area contributed by atoms with Crippen molar-refractivity contribution in [3.8, 4) is 0 Å². The maximum absolute atomic E-state index is 12.8. The van der Waals surface area contributed by atoms with Gasteiger partial charge in [-0.3, -0.25) is 0 Å². The van der Waals surface area contributed by atoms with Crippen molar-refractivity contribution in [1.29, 1.82) is 0 Å². The number of aromatic amines is 1. The molecule has 2 N–H and O–H groups in total. The lowest BCUT2D eigenvalue weighted by Crippen LogP contribution is -2.46. The van der Waals surface area contributed by atoms with Crippen LogP contribution in [0.25, 0.3) is 11.0 Å². The fraction of sp³-hybridized carbons (Fsp3) is 0.600. The van der Waals surface area contributed by atoms with E-state index in [1.165, 1.54) is 11.1 Å². The summed E-state index contributed by atoms with van der Waals surface area (Å²) in [7, 11) is 4.03. The number of nitrogens with one attached hydrogen (secondary N) is 2. The van der Waals surface area contributed by atoms with E-state index in [1.807, 2.05) is 25.1 Å². The van der Waals surface area contributed by atoms with Crippen molar-refractivity contribution in [3.05, 3.63) is 29.1 Å². The zero-order chi connectivity index (χ0) is 19.4. The summed E-state index contributed by atoms with van der Waals surface area (Å²) in [6.45, 7) is 7.48. The molecule has 3 rings (SSSR count). The number of nitrogens with zero attached hydrogens (tertiary/aromatic N) is 3. The van der Waals surface area contributed by atoms with Gasteiger partial charge in [0.1, 0.15) is 5.82 Å². The number of urea groups is 1. The number of likely N-dealkylation sites (N-methyl/N-ethyl adjacent to an activating group) is 1. The minimum atomic E-state index is -0.0688. The quantitative estimate of drug-likeness (QED) is 0.782. The SMILES string of the molecule is Cc1ccc2[nH]c(CNC(=O)N(CCN(C)C)C[C@H]3CCCO3)nc2c1C. The van der Waals surface area contributed by atoms with E-state index in [9.17, 15) is 4.79 Å². The molecule has 0 saturated carbocycles. The van der Waals surface area contributed by atoms with Crippen LogP contribution in [-0.2, 0) is 11.3 Å². The van der Waals surface area contributed by atoms with Crippen LogP contribution in [0.3, 0.4) is 0 Å². The van der Waals surface area contributed by atoms with Gasteiger partial charge in [-0.15, -0.1) is 0 Å². The predicted octanol–water partition coefficient (Wildman–Crippen LogP) is 2.43. The summed E-state index contributed by atoms with van der Waals surface area (Å²) in [4.78, 5) is 24.7. The number of H-pyrrole nitrogens is 1. The Morgan fingerprint density at radius 1 is 1.33 bits per heavy atom. The number of carbonyl (C=O) groups excluding carboxylic acids is 1. The van der Waals surface area contributed by atoms with Crippen LogP contribution < -0.4 is 5.32 Å². The Balaban J connectivity index is 1.62. The molecule has 2 amide bonds. The molecular formula is C20H31N5O2. The Kier molecular flexibility index (Phi) is 6.34. The first kappa shape index (κ1) is 19.6.